The maximum absolute atomic E-state index is 12.9. The molecular formula is C18H28N2O4. The molecule has 6 nitrogen and oxygen atoms in total. The minimum absolute atomic E-state index is 0.0543. The van der Waals surface area contributed by atoms with Crippen molar-refractivity contribution in [3.8, 4) is 5.75 Å². The van der Waals surface area contributed by atoms with Crippen molar-refractivity contribution in [3.05, 3.63) is 29.3 Å². The summed E-state index contributed by atoms with van der Waals surface area (Å²) in [6.07, 6.45) is 0. The Morgan fingerprint density at radius 3 is 2.67 bits per heavy atom. The van der Waals surface area contributed by atoms with Gasteiger partial charge in [-0.15, -0.1) is 0 Å². The lowest BCUT2D eigenvalue weighted by Crippen LogP contribution is -2.33. The molecule has 0 unspecified atom stereocenters. The Morgan fingerprint density at radius 1 is 1.33 bits per heavy atom. The highest BCUT2D eigenvalue weighted by Crippen LogP contribution is 2.29. The molecule has 24 heavy (non-hydrogen) atoms. The third-order valence-corrected chi connectivity index (χ3v) is 4.77. The molecule has 2 rings (SSSR count). The molecule has 0 aromatic heterocycles. The van der Waals surface area contributed by atoms with E-state index in [0.29, 0.717) is 30.9 Å². The van der Waals surface area contributed by atoms with Crippen molar-refractivity contribution in [3.63, 3.8) is 0 Å². The van der Waals surface area contributed by atoms with Gasteiger partial charge in [-0.3, -0.25) is 4.79 Å². The van der Waals surface area contributed by atoms with E-state index < -0.39 is 0 Å². The quantitative estimate of drug-likeness (QED) is 0.763. The van der Waals surface area contributed by atoms with Gasteiger partial charge < -0.3 is 24.7 Å². The zero-order valence-corrected chi connectivity index (χ0v) is 14.7. The molecule has 0 saturated carbocycles. The summed E-state index contributed by atoms with van der Waals surface area (Å²) in [5, 5.41) is 18.7. The monoisotopic (exact) mass is 336 g/mol. The Bertz CT molecular complexity index is 564. The molecule has 1 aromatic carbocycles. The Hall–Kier alpha value is -1.63. The lowest BCUT2D eigenvalue weighted by atomic mass is 9.96. The number of aliphatic hydroxyl groups excluding tert-OH is 2. The number of likely N-dealkylation sites (N-methyl/N-ethyl adjacent to an activating group) is 1. The normalized spacial score (nSPS) is 20.7. The summed E-state index contributed by atoms with van der Waals surface area (Å²) in [5.74, 6) is 0.822. The number of amides is 1. The van der Waals surface area contributed by atoms with Gasteiger partial charge in [0.15, 0.2) is 0 Å². The Morgan fingerprint density at radius 2 is 2.04 bits per heavy atom. The summed E-state index contributed by atoms with van der Waals surface area (Å²) in [6.45, 7) is 4.58. The predicted molar refractivity (Wildman–Crippen MR) is 92.3 cm³/mol. The minimum Gasteiger partial charge on any atom is -0.496 e. The van der Waals surface area contributed by atoms with Crippen molar-refractivity contribution in [1.82, 2.24) is 9.80 Å². The van der Waals surface area contributed by atoms with Crippen molar-refractivity contribution in [2.24, 2.45) is 11.8 Å². The second-order valence-electron chi connectivity index (χ2n) is 6.55. The highest BCUT2D eigenvalue weighted by molar-refractivity contribution is 5.97. The third-order valence-electron chi connectivity index (χ3n) is 4.77. The Balaban J connectivity index is 2.13. The van der Waals surface area contributed by atoms with Gasteiger partial charge in [0.25, 0.3) is 5.91 Å². The van der Waals surface area contributed by atoms with E-state index in [2.05, 4.69) is 0 Å². The van der Waals surface area contributed by atoms with Crippen molar-refractivity contribution >= 4 is 5.91 Å². The zero-order valence-electron chi connectivity index (χ0n) is 14.7. The van der Waals surface area contributed by atoms with Gasteiger partial charge in [-0.1, -0.05) is 12.1 Å². The number of para-hydroxylation sites is 1. The summed E-state index contributed by atoms with van der Waals surface area (Å²) in [4.78, 5) is 16.7. The number of nitrogens with zero attached hydrogens (tertiary/aromatic N) is 2. The van der Waals surface area contributed by atoms with Crippen LogP contribution in [0.5, 0.6) is 5.75 Å². The number of carbonyl (C=O) groups is 1. The molecule has 0 spiro atoms. The van der Waals surface area contributed by atoms with Gasteiger partial charge in [0.1, 0.15) is 5.75 Å². The van der Waals surface area contributed by atoms with Gasteiger partial charge in [0.05, 0.1) is 19.3 Å². The van der Waals surface area contributed by atoms with Crippen molar-refractivity contribution in [1.29, 1.82) is 0 Å². The van der Waals surface area contributed by atoms with E-state index in [1.807, 2.05) is 31.0 Å². The van der Waals surface area contributed by atoms with Crippen LogP contribution in [0.3, 0.4) is 0 Å². The van der Waals surface area contributed by atoms with E-state index in [1.165, 1.54) is 0 Å². The molecule has 1 aliphatic heterocycles. The number of hydrogen-bond donors (Lipinski definition) is 2. The van der Waals surface area contributed by atoms with Crippen LogP contribution in [0.2, 0.25) is 0 Å². The summed E-state index contributed by atoms with van der Waals surface area (Å²) in [5.41, 5.74) is 1.50. The average molecular weight is 336 g/mol. The van der Waals surface area contributed by atoms with Crippen LogP contribution in [0, 0.1) is 18.8 Å². The first-order chi connectivity index (χ1) is 11.5. The van der Waals surface area contributed by atoms with Gasteiger partial charge in [-0.25, -0.2) is 0 Å². The van der Waals surface area contributed by atoms with Crippen LogP contribution in [0.25, 0.3) is 0 Å². The van der Waals surface area contributed by atoms with Crippen LogP contribution in [-0.4, -0.2) is 79.5 Å². The molecule has 2 N–H and O–H groups in total. The molecule has 1 aromatic rings. The van der Waals surface area contributed by atoms with Crippen LogP contribution >= 0.6 is 0 Å². The summed E-state index contributed by atoms with van der Waals surface area (Å²) >= 11 is 0. The van der Waals surface area contributed by atoms with Crippen molar-refractivity contribution < 1.29 is 19.7 Å². The summed E-state index contributed by atoms with van der Waals surface area (Å²) < 4.78 is 5.40. The average Bonchev–Trinajstić information content (AvgIpc) is 2.96. The Labute approximate surface area is 143 Å². The van der Waals surface area contributed by atoms with E-state index in [0.717, 1.165) is 12.1 Å². The fourth-order valence-electron chi connectivity index (χ4n) is 3.44. The van der Waals surface area contributed by atoms with Crippen LogP contribution in [-0.2, 0) is 0 Å². The molecule has 0 radical (unpaired) electrons. The molecule has 134 valence electrons. The lowest BCUT2D eigenvalue weighted by Gasteiger charge is -2.23. The number of methoxy groups -OCH3 is 1. The minimum atomic E-state index is -0.0543. The maximum Gasteiger partial charge on any atom is 0.257 e. The van der Waals surface area contributed by atoms with E-state index in [1.54, 1.807) is 18.1 Å². The van der Waals surface area contributed by atoms with Crippen molar-refractivity contribution in [2.45, 2.75) is 6.92 Å². The molecule has 0 aliphatic carbocycles. The zero-order chi connectivity index (χ0) is 17.7. The van der Waals surface area contributed by atoms with E-state index in [9.17, 15) is 9.90 Å². The van der Waals surface area contributed by atoms with Crippen LogP contribution in [0.1, 0.15) is 15.9 Å². The number of likely N-dealkylation sites (tertiary alicyclic amines) is 1. The standard InChI is InChI=1S/C18H28N2O4/c1-13-5-4-6-16(17(13)24-3)18(23)20-10-14(15(11-20)12-22)9-19(2)7-8-21/h4-6,14-15,21-22H,7-12H2,1-3H3/t14-,15-/m1/s1. The third kappa shape index (κ3) is 4.06. The summed E-state index contributed by atoms with van der Waals surface area (Å²) in [6, 6.07) is 5.56. The van der Waals surface area contributed by atoms with Gasteiger partial charge in [0, 0.05) is 38.7 Å². The molecule has 0 bridgehead atoms. The smallest absolute Gasteiger partial charge is 0.257 e. The number of rotatable bonds is 7. The topological polar surface area (TPSA) is 73.2 Å². The molecule has 1 amide bonds. The van der Waals surface area contributed by atoms with E-state index in [-0.39, 0.29) is 31.0 Å². The van der Waals surface area contributed by atoms with Gasteiger partial charge >= 0.3 is 0 Å². The van der Waals surface area contributed by atoms with Crippen LogP contribution < -0.4 is 4.74 Å². The number of ether oxygens (including phenoxy) is 1. The number of aliphatic hydroxyl groups is 2. The lowest BCUT2D eigenvalue weighted by molar-refractivity contribution is 0.0775. The number of aryl methyl sites for hydroxylation is 1. The first-order valence-electron chi connectivity index (χ1n) is 8.35. The first kappa shape index (κ1) is 18.7. The maximum atomic E-state index is 12.9. The molecule has 6 heteroatoms. The second-order valence-corrected chi connectivity index (χ2v) is 6.55. The number of carbonyl (C=O) groups excluding carboxylic acids is 1. The van der Waals surface area contributed by atoms with E-state index >= 15 is 0 Å². The number of benzene rings is 1. The Kier molecular flexibility index (Phi) is 6.60. The van der Waals surface area contributed by atoms with Crippen LogP contribution in [0.4, 0.5) is 0 Å². The van der Waals surface area contributed by atoms with E-state index in [4.69, 9.17) is 9.84 Å². The molecule has 1 aliphatic rings. The second kappa shape index (κ2) is 8.46. The van der Waals surface area contributed by atoms with Gasteiger partial charge in [-0.05, 0) is 31.5 Å². The molecule has 1 saturated heterocycles. The van der Waals surface area contributed by atoms with Crippen molar-refractivity contribution in [2.75, 3.05) is 53.6 Å². The fourth-order valence-corrected chi connectivity index (χ4v) is 3.44. The molecule has 2 atom stereocenters. The number of hydrogen-bond acceptors (Lipinski definition) is 5. The first-order valence-corrected chi connectivity index (χ1v) is 8.35. The molecular weight excluding hydrogens is 308 g/mol. The summed E-state index contributed by atoms with van der Waals surface area (Å²) in [7, 11) is 3.52. The SMILES string of the molecule is COc1c(C)cccc1C(=O)N1C[C@@H](CN(C)CCO)[C@@H](CO)C1. The van der Waals surface area contributed by atoms with Gasteiger partial charge in [0.2, 0.25) is 0 Å². The largest absolute Gasteiger partial charge is 0.496 e. The van der Waals surface area contributed by atoms with Crippen LogP contribution in [0.15, 0.2) is 18.2 Å². The molecule has 1 fully saturated rings. The van der Waals surface area contributed by atoms with Gasteiger partial charge in [-0.2, -0.15) is 0 Å². The highest BCUT2D eigenvalue weighted by Gasteiger charge is 2.36. The molecule has 1 heterocycles. The highest BCUT2D eigenvalue weighted by atomic mass is 16.5. The predicted octanol–water partition coefficient (Wildman–Crippen LogP) is 0.608. The fraction of sp³-hybridized carbons (Fsp3) is 0.611.